The smallest absolute Gasteiger partial charge is 0.166 e. The number of carbonyl (C=O) groups excluding carboxylic acids is 1. The SMILES string of the molecule is CCC(C#N)N1CCC(=O)c2ccccc21. The van der Waals surface area contributed by atoms with Crippen LogP contribution >= 0.6 is 0 Å². The van der Waals surface area contributed by atoms with Gasteiger partial charge in [0, 0.05) is 24.2 Å². The van der Waals surface area contributed by atoms with E-state index in [9.17, 15) is 4.79 Å². The van der Waals surface area contributed by atoms with Crippen molar-refractivity contribution in [3.05, 3.63) is 29.8 Å². The number of ketones is 1. The quantitative estimate of drug-likeness (QED) is 0.759. The van der Waals surface area contributed by atoms with Gasteiger partial charge in [0.05, 0.1) is 6.07 Å². The molecular formula is C13H14N2O. The number of fused-ring (bicyclic) bond motifs is 1. The van der Waals surface area contributed by atoms with E-state index in [0.717, 1.165) is 17.7 Å². The fourth-order valence-electron chi connectivity index (χ4n) is 2.14. The molecular weight excluding hydrogens is 200 g/mol. The number of carbonyl (C=O) groups is 1. The molecule has 0 fully saturated rings. The lowest BCUT2D eigenvalue weighted by atomic mass is 9.98. The maximum absolute atomic E-state index is 11.7. The van der Waals surface area contributed by atoms with Crippen LogP contribution in [0.3, 0.4) is 0 Å². The topological polar surface area (TPSA) is 44.1 Å². The van der Waals surface area contributed by atoms with Crippen LogP contribution < -0.4 is 4.90 Å². The minimum Gasteiger partial charge on any atom is -0.355 e. The van der Waals surface area contributed by atoms with E-state index in [1.807, 2.05) is 36.1 Å². The first-order chi connectivity index (χ1) is 7.77. The monoisotopic (exact) mass is 214 g/mol. The van der Waals surface area contributed by atoms with E-state index in [1.165, 1.54) is 0 Å². The molecule has 0 N–H and O–H groups in total. The van der Waals surface area contributed by atoms with E-state index in [2.05, 4.69) is 6.07 Å². The van der Waals surface area contributed by atoms with E-state index < -0.39 is 0 Å². The largest absolute Gasteiger partial charge is 0.355 e. The van der Waals surface area contributed by atoms with Crippen LogP contribution in [-0.2, 0) is 0 Å². The van der Waals surface area contributed by atoms with Crippen LogP contribution in [0.15, 0.2) is 24.3 Å². The second-order valence-corrected chi connectivity index (χ2v) is 3.94. The van der Waals surface area contributed by atoms with Crippen molar-refractivity contribution in [1.82, 2.24) is 0 Å². The zero-order valence-electron chi connectivity index (χ0n) is 9.31. The van der Waals surface area contributed by atoms with Crippen LogP contribution in [0, 0.1) is 11.3 Å². The highest BCUT2D eigenvalue weighted by Gasteiger charge is 2.26. The van der Waals surface area contributed by atoms with E-state index >= 15 is 0 Å². The van der Waals surface area contributed by atoms with Gasteiger partial charge in [-0.15, -0.1) is 0 Å². The Bertz CT molecular complexity index is 447. The summed E-state index contributed by atoms with van der Waals surface area (Å²) in [5.41, 5.74) is 1.66. The summed E-state index contributed by atoms with van der Waals surface area (Å²) in [6.45, 7) is 2.65. The number of anilines is 1. The molecule has 0 saturated heterocycles. The summed E-state index contributed by atoms with van der Waals surface area (Å²) in [7, 11) is 0. The average molecular weight is 214 g/mol. The third kappa shape index (κ3) is 1.67. The van der Waals surface area contributed by atoms with Gasteiger partial charge in [-0.25, -0.2) is 0 Å². The molecule has 1 aromatic rings. The maximum Gasteiger partial charge on any atom is 0.166 e. The lowest BCUT2D eigenvalue weighted by Gasteiger charge is -2.33. The van der Waals surface area contributed by atoms with Crippen molar-refractivity contribution in [2.24, 2.45) is 0 Å². The standard InChI is InChI=1S/C13H14N2O/c1-2-10(9-14)15-8-7-13(16)11-5-3-4-6-12(11)15/h3-6,10H,2,7-8H2,1H3. The molecule has 82 valence electrons. The number of Topliss-reactive ketones (excluding diaryl/α,β-unsaturated/α-hetero) is 1. The number of hydrogen-bond donors (Lipinski definition) is 0. The molecule has 1 atom stereocenters. The number of nitrogens with zero attached hydrogens (tertiary/aromatic N) is 2. The second-order valence-electron chi connectivity index (χ2n) is 3.94. The predicted octanol–water partition coefficient (Wildman–Crippen LogP) is 2.38. The van der Waals surface area contributed by atoms with Gasteiger partial charge in [-0.3, -0.25) is 4.79 Å². The van der Waals surface area contributed by atoms with E-state index in [0.29, 0.717) is 13.0 Å². The van der Waals surface area contributed by atoms with Gasteiger partial charge in [0.25, 0.3) is 0 Å². The van der Waals surface area contributed by atoms with Gasteiger partial charge >= 0.3 is 0 Å². The highest BCUT2D eigenvalue weighted by molar-refractivity contribution is 6.03. The van der Waals surface area contributed by atoms with Crippen LogP contribution in [0.1, 0.15) is 30.1 Å². The van der Waals surface area contributed by atoms with Gasteiger partial charge in [0.1, 0.15) is 6.04 Å². The first kappa shape index (κ1) is 10.7. The molecule has 1 aliphatic heterocycles. The highest BCUT2D eigenvalue weighted by atomic mass is 16.1. The van der Waals surface area contributed by atoms with Gasteiger partial charge in [-0.05, 0) is 18.6 Å². The zero-order chi connectivity index (χ0) is 11.5. The Kier molecular flexibility index (Phi) is 2.91. The average Bonchev–Trinajstić information content (AvgIpc) is 2.34. The molecule has 0 radical (unpaired) electrons. The molecule has 0 saturated carbocycles. The summed E-state index contributed by atoms with van der Waals surface area (Å²) in [5, 5.41) is 9.09. The molecule has 16 heavy (non-hydrogen) atoms. The maximum atomic E-state index is 11.7. The van der Waals surface area contributed by atoms with Crippen molar-refractivity contribution in [3.63, 3.8) is 0 Å². The zero-order valence-corrected chi connectivity index (χ0v) is 9.31. The third-order valence-corrected chi connectivity index (χ3v) is 3.01. The first-order valence-corrected chi connectivity index (χ1v) is 5.56. The lowest BCUT2D eigenvalue weighted by molar-refractivity contribution is 0.0979. The van der Waals surface area contributed by atoms with Gasteiger partial charge in [-0.1, -0.05) is 19.1 Å². The molecule has 0 bridgehead atoms. The normalized spacial score (nSPS) is 16.5. The fraction of sp³-hybridized carbons (Fsp3) is 0.385. The number of benzene rings is 1. The Morgan fingerprint density at radius 2 is 2.25 bits per heavy atom. The molecule has 0 aromatic heterocycles. The van der Waals surface area contributed by atoms with E-state index in [-0.39, 0.29) is 11.8 Å². The van der Waals surface area contributed by atoms with Crippen molar-refractivity contribution in [3.8, 4) is 6.07 Å². The van der Waals surface area contributed by atoms with Crippen molar-refractivity contribution in [1.29, 1.82) is 5.26 Å². The van der Waals surface area contributed by atoms with Crippen LogP contribution in [0.5, 0.6) is 0 Å². The number of nitriles is 1. The van der Waals surface area contributed by atoms with Crippen molar-refractivity contribution in [2.75, 3.05) is 11.4 Å². The van der Waals surface area contributed by atoms with Crippen LogP contribution in [0.2, 0.25) is 0 Å². The minimum absolute atomic E-state index is 0.130. The third-order valence-electron chi connectivity index (χ3n) is 3.01. The fourth-order valence-corrected chi connectivity index (χ4v) is 2.14. The number of para-hydroxylation sites is 1. The highest BCUT2D eigenvalue weighted by Crippen LogP contribution is 2.28. The Morgan fingerprint density at radius 1 is 1.50 bits per heavy atom. The molecule has 1 heterocycles. The predicted molar refractivity (Wildman–Crippen MR) is 62.4 cm³/mol. The van der Waals surface area contributed by atoms with Crippen LogP contribution in [0.25, 0.3) is 0 Å². The second kappa shape index (κ2) is 4.36. The summed E-state index contributed by atoms with van der Waals surface area (Å²) < 4.78 is 0. The summed E-state index contributed by atoms with van der Waals surface area (Å²) in [4.78, 5) is 13.8. The van der Waals surface area contributed by atoms with Gasteiger partial charge in [-0.2, -0.15) is 5.26 Å². The van der Waals surface area contributed by atoms with Crippen LogP contribution in [0.4, 0.5) is 5.69 Å². The molecule has 3 heteroatoms. The molecule has 1 aliphatic rings. The van der Waals surface area contributed by atoms with Crippen molar-refractivity contribution < 1.29 is 4.79 Å². The minimum atomic E-state index is -0.130. The number of hydrogen-bond acceptors (Lipinski definition) is 3. The number of rotatable bonds is 2. The summed E-state index contributed by atoms with van der Waals surface area (Å²) >= 11 is 0. The van der Waals surface area contributed by atoms with E-state index in [4.69, 9.17) is 5.26 Å². The van der Waals surface area contributed by atoms with Crippen molar-refractivity contribution >= 4 is 11.5 Å². The van der Waals surface area contributed by atoms with Gasteiger partial charge in [0.2, 0.25) is 0 Å². The first-order valence-electron chi connectivity index (χ1n) is 5.56. The Balaban J connectivity index is 2.42. The molecule has 1 aromatic carbocycles. The molecule has 0 aliphatic carbocycles. The lowest BCUT2D eigenvalue weighted by Crippen LogP contribution is -2.39. The van der Waals surface area contributed by atoms with Crippen LogP contribution in [-0.4, -0.2) is 18.4 Å². The molecule has 0 amide bonds. The summed E-state index contributed by atoms with van der Waals surface area (Å²) in [6.07, 6.45) is 1.29. The molecule has 2 rings (SSSR count). The molecule has 1 unspecified atom stereocenters. The Hall–Kier alpha value is -1.82. The Morgan fingerprint density at radius 3 is 2.94 bits per heavy atom. The van der Waals surface area contributed by atoms with Gasteiger partial charge in [0.15, 0.2) is 5.78 Å². The Labute approximate surface area is 95.3 Å². The van der Waals surface area contributed by atoms with Crippen molar-refractivity contribution in [2.45, 2.75) is 25.8 Å². The molecule has 0 spiro atoms. The summed E-state index contributed by atoms with van der Waals surface area (Å²) in [6, 6.07) is 9.71. The molecule has 3 nitrogen and oxygen atoms in total. The van der Waals surface area contributed by atoms with Gasteiger partial charge < -0.3 is 4.90 Å². The summed E-state index contributed by atoms with van der Waals surface area (Å²) in [5.74, 6) is 0.180. The van der Waals surface area contributed by atoms with E-state index in [1.54, 1.807) is 0 Å².